The van der Waals surface area contributed by atoms with Gasteiger partial charge in [-0.05, 0) is 60.3 Å². The smallest absolute Gasteiger partial charge is 0.293 e. The first-order chi connectivity index (χ1) is 15.9. The lowest BCUT2D eigenvalue weighted by molar-refractivity contribution is -0.124. The molecule has 0 unspecified atom stereocenters. The Morgan fingerprint density at radius 2 is 2.06 bits per heavy atom. The average Bonchev–Trinajstić information content (AvgIpc) is 3.53. The molecule has 4 rings (SSSR count). The summed E-state index contributed by atoms with van der Waals surface area (Å²) in [6.07, 6.45) is 3.95. The van der Waals surface area contributed by atoms with Gasteiger partial charge in [0.1, 0.15) is 0 Å². The van der Waals surface area contributed by atoms with Gasteiger partial charge in [-0.25, -0.2) is 4.98 Å². The molecule has 0 spiro atoms. The van der Waals surface area contributed by atoms with Crippen molar-refractivity contribution < 1.29 is 18.8 Å². The van der Waals surface area contributed by atoms with Crippen molar-refractivity contribution in [3.05, 3.63) is 68.7 Å². The van der Waals surface area contributed by atoms with E-state index in [0.717, 1.165) is 27.1 Å². The van der Waals surface area contributed by atoms with Gasteiger partial charge >= 0.3 is 0 Å². The first-order valence-corrected chi connectivity index (χ1v) is 12.2. The summed E-state index contributed by atoms with van der Waals surface area (Å²) in [5.74, 6) is 0.639. The minimum Gasteiger partial charge on any atom is -0.441 e. The maximum Gasteiger partial charge on any atom is 0.293 e. The lowest BCUT2D eigenvalue weighted by Gasteiger charge is -2.12. The maximum absolute atomic E-state index is 12.5. The third-order valence-corrected chi connectivity index (χ3v) is 6.99. The van der Waals surface area contributed by atoms with Crippen molar-refractivity contribution in [1.29, 1.82) is 0 Å². The first kappa shape index (κ1) is 23.0. The molecule has 1 aromatic carbocycles. The molecule has 3 aromatic rings. The summed E-state index contributed by atoms with van der Waals surface area (Å²) in [4.78, 5) is 43.6. The highest BCUT2D eigenvalue weighted by Gasteiger charge is 2.34. The Morgan fingerprint density at radius 3 is 2.82 bits per heavy atom. The van der Waals surface area contributed by atoms with Gasteiger partial charge in [0.2, 0.25) is 5.91 Å². The van der Waals surface area contributed by atoms with Gasteiger partial charge < -0.3 is 9.73 Å². The molecule has 170 valence electrons. The number of nitrogens with one attached hydrogen (secondary N) is 1. The number of carbonyl (C=O) groups is 3. The molecule has 0 radical (unpaired) electrons. The van der Waals surface area contributed by atoms with Gasteiger partial charge in [0.15, 0.2) is 11.7 Å². The second-order valence-corrected chi connectivity index (χ2v) is 9.59. The van der Waals surface area contributed by atoms with E-state index in [1.54, 1.807) is 12.3 Å². The molecule has 0 aliphatic carbocycles. The minimum absolute atomic E-state index is 0.133. The van der Waals surface area contributed by atoms with Crippen molar-refractivity contribution in [3.63, 3.8) is 0 Å². The number of hydrogen-bond acceptors (Lipinski definition) is 7. The molecule has 1 fully saturated rings. The predicted octanol–water partition coefficient (Wildman–Crippen LogP) is 4.81. The Hall–Kier alpha value is -3.17. The van der Waals surface area contributed by atoms with Crippen molar-refractivity contribution in [2.45, 2.75) is 26.7 Å². The molecule has 1 aliphatic heterocycles. The van der Waals surface area contributed by atoms with Gasteiger partial charge in [0.05, 0.1) is 11.1 Å². The van der Waals surface area contributed by atoms with Crippen LogP contribution in [0.25, 0.3) is 17.4 Å². The van der Waals surface area contributed by atoms with E-state index in [1.807, 2.05) is 42.6 Å². The normalized spacial score (nSPS) is 15.0. The number of amides is 3. The van der Waals surface area contributed by atoms with E-state index in [1.165, 1.54) is 22.5 Å². The summed E-state index contributed by atoms with van der Waals surface area (Å²) in [7, 11) is 0. The summed E-state index contributed by atoms with van der Waals surface area (Å²) < 4.78 is 5.79. The summed E-state index contributed by atoms with van der Waals surface area (Å²) in [6, 6.07) is 9.85. The van der Waals surface area contributed by atoms with Gasteiger partial charge in [-0.3, -0.25) is 19.3 Å². The van der Waals surface area contributed by atoms with Crippen molar-refractivity contribution >= 4 is 46.2 Å². The molecular formula is C24H23N3O4S2. The topological polar surface area (TPSA) is 92.5 Å². The SMILES string of the molecule is Cc1ccc(-c2cnc(CCC(=O)NCCN3C(=O)S/C(=C\c4cccs4)C3=O)o2)cc1C. The number of aryl methyl sites for hydroxylation is 3. The Balaban J connectivity index is 1.23. The number of rotatable bonds is 8. The van der Waals surface area contributed by atoms with Crippen LogP contribution in [0.5, 0.6) is 0 Å². The van der Waals surface area contributed by atoms with Gasteiger partial charge in [0.25, 0.3) is 11.1 Å². The molecule has 1 saturated heterocycles. The third kappa shape index (κ3) is 5.61. The van der Waals surface area contributed by atoms with Gasteiger partial charge in [-0.15, -0.1) is 11.3 Å². The number of benzene rings is 1. The molecule has 1 aliphatic rings. The van der Waals surface area contributed by atoms with E-state index in [-0.39, 0.29) is 36.6 Å². The number of hydrogen-bond donors (Lipinski definition) is 1. The molecule has 1 N–H and O–H groups in total. The Bertz CT molecular complexity index is 1210. The zero-order valence-corrected chi connectivity index (χ0v) is 19.9. The van der Waals surface area contributed by atoms with Crippen LogP contribution in [0.15, 0.2) is 51.2 Å². The molecule has 0 bridgehead atoms. The number of carbonyl (C=O) groups excluding carboxylic acids is 3. The van der Waals surface area contributed by atoms with E-state index < -0.39 is 0 Å². The fourth-order valence-electron chi connectivity index (χ4n) is 3.27. The van der Waals surface area contributed by atoms with Gasteiger partial charge in [-0.1, -0.05) is 18.2 Å². The first-order valence-electron chi connectivity index (χ1n) is 10.5. The highest BCUT2D eigenvalue weighted by Crippen LogP contribution is 2.32. The molecule has 3 amide bonds. The molecule has 2 aromatic heterocycles. The zero-order valence-electron chi connectivity index (χ0n) is 18.3. The molecule has 33 heavy (non-hydrogen) atoms. The van der Waals surface area contributed by atoms with Gasteiger partial charge in [-0.2, -0.15) is 0 Å². The number of imide groups is 1. The summed E-state index contributed by atoms with van der Waals surface area (Å²) in [6.45, 7) is 4.43. The molecule has 7 nitrogen and oxygen atoms in total. The summed E-state index contributed by atoms with van der Waals surface area (Å²) in [5, 5.41) is 4.34. The number of nitrogens with zero attached hydrogens (tertiary/aromatic N) is 2. The van der Waals surface area contributed by atoms with Crippen molar-refractivity contribution in [3.8, 4) is 11.3 Å². The average molecular weight is 482 g/mol. The van der Waals surface area contributed by atoms with E-state index in [4.69, 9.17) is 4.42 Å². The van der Waals surface area contributed by atoms with Gasteiger partial charge in [0, 0.05) is 36.4 Å². The van der Waals surface area contributed by atoms with Crippen LogP contribution in [0.2, 0.25) is 0 Å². The number of thiophene rings is 1. The highest BCUT2D eigenvalue weighted by atomic mass is 32.2. The third-order valence-electron chi connectivity index (χ3n) is 5.26. The summed E-state index contributed by atoms with van der Waals surface area (Å²) >= 11 is 2.42. The second-order valence-electron chi connectivity index (χ2n) is 7.62. The quantitative estimate of drug-likeness (QED) is 0.465. The van der Waals surface area contributed by atoms with Crippen LogP contribution < -0.4 is 5.32 Å². The zero-order chi connectivity index (χ0) is 23.4. The van der Waals surface area contributed by atoms with Crippen molar-refractivity contribution in [2.24, 2.45) is 0 Å². The largest absolute Gasteiger partial charge is 0.441 e. The lowest BCUT2D eigenvalue weighted by atomic mass is 10.1. The summed E-state index contributed by atoms with van der Waals surface area (Å²) in [5.41, 5.74) is 3.33. The van der Waals surface area contributed by atoms with Crippen LogP contribution in [-0.2, 0) is 16.0 Å². The maximum atomic E-state index is 12.5. The number of aromatic nitrogens is 1. The molecule has 0 atom stereocenters. The van der Waals surface area contributed by atoms with Crippen molar-refractivity contribution in [2.75, 3.05) is 13.1 Å². The van der Waals surface area contributed by atoms with Crippen LogP contribution in [0.1, 0.15) is 28.3 Å². The second kappa shape index (κ2) is 10.2. The van der Waals surface area contributed by atoms with E-state index >= 15 is 0 Å². The van der Waals surface area contributed by atoms with E-state index in [9.17, 15) is 14.4 Å². The van der Waals surface area contributed by atoms with Crippen molar-refractivity contribution in [1.82, 2.24) is 15.2 Å². The molecular weight excluding hydrogens is 458 g/mol. The Kier molecular flexibility index (Phi) is 7.10. The number of thioether (sulfide) groups is 1. The standard InChI is InChI=1S/C24H23N3O4S2/c1-15-5-6-17(12-16(15)2)19-14-26-22(31-19)8-7-21(28)25-9-10-27-23(29)20(33-24(27)30)13-18-4-3-11-32-18/h3-6,11-14H,7-10H2,1-2H3,(H,25,28)/b20-13-. The minimum atomic E-state index is -0.327. The highest BCUT2D eigenvalue weighted by molar-refractivity contribution is 8.18. The van der Waals surface area contributed by atoms with Crippen LogP contribution in [0.4, 0.5) is 4.79 Å². The molecule has 3 heterocycles. The van der Waals surface area contributed by atoms with Crippen LogP contribution in [0, 0.1) is 13.8 Å². The van der Waals surface area contributed by atoms with Crippen LogP contribution in [0.3, 0.4) is 0 Å². The predicted molar refractivity (Wildman–Crippen MR) is 130 cm³/mol. The molecule has 9 heteroatoms. The Morgan fingerprint density at radius 1 is 1.21 bits per heavy atom. The fourth-order valence-corrected chi connectivity index (χ4v) is 4.85. The number of oxazole rings is 1. The fraction of sp³-hybridized carbons (Fsp3) is 0.250. The lowest BCUT2D eigenvalue weighted by Crippen LogP contribution is -2.37. The monoisotopic (exact) mass is 481 g/mol. The van der Waals surface area contributed by atoms with E-state index in [0.29, 0.717) is 23.0 Å². The van der Waals surface area contributed by atoms with E-state index in [2.05, 4.69) is 17.2 Å². The Labute approximate surface area is 199 Å². The molecule has 0 saturated carbocycles. The van der Waals surface area contributed by atoms with Crippen LogP contribution in [-0.4, -0.2) is 40.0 Å². The van der Waals surface area contributed by atoms with Crippen LogP contribution >= 0.6 is 23.1 Å².